The Morgan fingerprint density at radius 1 is 1.25 bits per heavy atom. The summed E-state index contributed by atoms with van der Waals surface area (Å²) >= 11 is 0. The lowest BCUT2D eigenvalue weighted by molar-refractivity contribution is -0.126. The molecule has 1 aliphatic rings. The van der Waals surface area contributed by atoms with Crippen LogP contribution in [-0.2, 0) is 14.8 Å². The number of hydrogen-bond donors (Lipinski definition) is 1. The normalized spacial score (nSPS) is 18.3. The van der Waals surface area contributed by atoms with Crippen molar-refractivity contribution in [2.45, 2.75) is 46.1 Å². The zero-order valence-corrected chi connectivity index (χ0v) is 15.8. The van der Waals surface area contributed by atoms with E-state index in [-0.39, 0.29) is 17.9 Å². The number of aryl methyl sites for hydroxylation is 2. The van der Waals surface area contributed by atoms with E-state index in [1.54, 1.807) is 0 Å². The molecule has 1 heterocycles. The van der Waals surface area contributed by atoms with Gasteiger partial charge in [0.15, 0.2) is 0 Å². The summed E-state index contributed by atoms with van der Waals surface area (Å²) in [6.45, 7) is 7.07. The molecule has 0 saturated carbocycles. The van der Waals surface area contributed by atoms with Gasteiger partial charge in [0.25, 0.3) is 0 Å². The lowest BCUT2D eigenvalue weighted by Gasteiger charge is -2.30. The van der Waals surface area contributed by atoms with E-state index in [1.165, 1.54) is 21.7 Å². The molecule has 0 aliphatic carbocycles. The summed E-state index contributed by atoms with van der Waals surface area (Å²) in [7, 11) is -3.15. The number of nitrogens with zero attached hydrogens (tertiary/aromatic N) is 1. The number of carbonyl (C=O) groups excluding carboxylic acids is 1. The fraction of sp³-hybridized carbons (Fsp3) is 0.611. The minimum atomic E-state index is -3.15. The zero-order valence-electron chi connectivity index (χ0n) is 15.0. The third-order valence-corrected chi connectivity index (χ3v) is 6.25. The molecule has 24 heavy (non-hydrogen) atoms. The van der Waals surface area contributed by atoms with Crippen molar-refractivity contribution in [3.63, 3.8) is 0 Å². The van der Waals surface area contributed by atoms with Crippen LogP contribution in [0.5, 0.6) is 0 Å². The number of piperidine rings is 1. The van der Waals surface area contributed by atoms with Crippen molar-refractivity contribution in [2.24, 2.45) is 5.92 Å². The van der Waals surface area contributed by atoms with Gasteiger partial charge in [-0.2, -0.15) is 0 Å². The number of hydrogen-bond acceptors (Lipinski definition) is 3. The molecule has 0 bridgehead atoms. The second kappa shape index (κ2) is 7.66. The van der Waals surface area contributed by atoms with Crippen LogP contribution in [0, 0.1) is 19.8 Å². The Bertz CT molecular complexity index is 692. The number of carbonyl (C=O) groups is 1. The smallest absolute Gasteiger partial charge is 0.223 e. The van der Waals surface area contributed by atoms with Crippen LogP contribution in [0.4, 0.5) is 0 Å². The summed E-state index contributed by atoms with van der Waals surface area (Å²) in [5.74, 6) is -0.0724. The highest BCUT2D eigenvalue weighted by Crippen LogP contribution is 2.23. The molecule has 1 amide bonds. The van der Waals surface area contributed by atoms with Gasteiger partial charge in [-0.15, -0.1) is 0 Å². The molecule has 6 heteroatoms. The second-order valence-electron chi connectivity index (χ2n) is 6.75. The molecule has 0 spiro atoms. The Kier molecular flexibility index (Phi) is 6.04. The first-order valence-electron chi connectivity index (χ1n) is 8.55. The van der Waals surface area contributed by atoms with Gasteiger partial charge in [-0.25, -0.2) is 12.7 Å². The summed E-state index contributed by atoms with van der Waals surface area (Å²) < 4.78 is 24.6. The summed E-state index contributed by atoms with van der Waals surface area (Å²) in [6, 6.07) is 6.30. The first kappa shape index (κ1) is 18.9. The van der Waals surface area contributed by atoms with Crippen molar-refractivity contribution in [3.05, 3.63) is 34.9 Å². The molecule has 1 aromatic carbocycles. The van der Waals surface area contributed by atoms with Gasteiger partial charge in [0.1, 0.15) is 0 Å². The molecule has 5 nitrogen and oxygen atoms in total. The standard InChI is InChI=1S/C18H28N2O3S/c1-5-17(16-7-6-13(2)14(3)12-16)19-18(21)15-8-10-20(11-9-15)24(4,22)23/h6-7,12,15,17H,5,8-11H2,1-4H3,(H,19,21)/t17-/m1/s1. The van der Waals surface area contributed by atoms with Crippen LogP contribution in [0.25, 0.3) is 0 Å². The number of sulfonamides is 1. The van der Waals surface area contributed by atoms with Gasteiger partial charge < -0.3 is 5.32 Å². The number of benzene rings is 1. The molecule has 134 valence electrons. The number of amides is 1. The molecular formula is C18H28N2O3S. The summed E-state index contributed by atoms with van der Waals surface area (Å²) in [6.07, 6.45) is 3.22. The minimum absolute atomic E-state index is 0.00439. The van der Waals surface area contributed by atoms with E-state index in [0.29, 0.717) is 25.9 Å². The first-order valence-corrected chi connectivity index (χ1v) is 10.4. The predicted molar refractivity (Wildman–Crippen MR) is 96.2 cm³/mol. The van der Waals surface area contributed by atoms with Gasteiger partial charge in [-0.05, 0) is 49.8 Å². The maximum atomic E-state index is 12.6. The van der Waals surface area contributed by atoms with Crippen LogP contribution < -0.4 is 5.32 Å². The van der Waals surface area contributed by atoms with Crippen LogP contribution in [0.1, 0.15) is 48.9 Å². The molecule has 0 unspecified atom stereocenters. The maximum Gasteiger partial charge on any atom is 0.223 e. The highest BCUT2D eigenvalue weighted by atomic mass is 32.2. The summed E-state index contributed by atoms with van der Waals surface area (Å²) in [5.41, 5.74) is 3.59. The number of rotatable bonds is 5. The van der Waals surface area contributed by atoms with E-state index in [4.69, 9.17) is 0 Å². The van der Waals surface area contributed by atoms with Crippen molar-refractivity contribution >= 4 is 15.9 Å². The Morgan fingerprint density at radius 3 is 2.38 bits per heavy atom. The molecule has 1 aromatic rings. The van der Waals surface area contributed by atoms with Crippen molar-refractivity contribution < 1.29 is 13.2 Å². The van der Waals surface area contributed by atoms with Gasteiger partial charge >= 0.3 is 0 Å². The van der Waals surface area contributed by atoms with E-state index in [9.17, 15) is 13.2 Å². The van der Waals surface area contributed by atoms with Gasteiger partial charge in [0, 0.05) is 19.0 Å². The molecule has 1 fully saturated rings. The highest BCUT2D eigenvalue weighted by Gasteiger charge is 2.29. The Morgan fingerprint density at radius 2 is 1.88 bits per heavy atom. The van der Waals surface area contributed by atoms with Crippen molar-refractivity contribution in [2.75, 3.05) is 19.3 Å². The van der Waals surface area contributed by atoms with E-state index in [0.717, 1.165) is 12.0 Å². The maximum absolute atomic E-state index is 12.6. The average molecular weight is 353 g/mol. The molecule has 1 saturated heterocycles. The lowest BCUT2D eigenvalue weighted by atomic mass is 9.95. The van der Waals surface area contributed by atoms with Crippen LogP contribution in [0.3, 0.4) is 0 Å². The average Bonchev–Trinajstić information content (AvgIpc) is 2.54. The third-order valence-electron chi connectivity index (χ3n) is 4.95. The molecule has 1 atom stereocenters. The van der Waals surface area contributed by atoms with E-state index < -0.39 is 10.0 Å². The molecule has 1 N–H and O–H groups in total. The van der Waals surface area contributed by atoms with Crippen molar-refractivity contribution in [3.8, 4) is 0 Å². The molecular weight excluding hydrogens is 324 g/mol. The quantitative estimate of drug-likeness (QED) is 0.885. The number of nitrogens with one attached hydrogen (secondary N) is 1. The van der Waals surface area contributed by atoms with Crippen LogP contribution in [0.15, 0.2) is 18.2 Å². The Hall–Kier alpha value is -1.40. The minimum Gasteiger partial charge on any atom is -0.349 e. The fourth-order valence-electron chi connectivity index (χ4n) is 3.14. The largest absolute Gasteiger partial charge is 0.349 e. The van der Waals surface area contributed by atoms with Crippen LogP contribution in [0.2, 0.25) is 0 Å². The second-order valence-corrected chi connectivity index (χ2v) is 8.73. The third kappa shape index (κ3) is 4.57. The highest BCUT2D eigenvalue weighted by molar-refractivity contribution is 7.88. The molecule has 0 radical (unpaired) electrons. The first-order chi connectivity index (χ1) is 11.2. The molecule has 2 rings (SSSR count). The predicted octanol–water partition coefficient (Wildman–Crippen LogP) is 2.54. The van der Waals surface area contributed by atoms with Crippen LogP contribution in [-0.4, -0.2) is 38.0 Å². The van der Waals surface area contributed by atoms with Gasteiger partial charge in [0.2, 0.25) is 15.9 Å². The van der Waals surface area contributed by atoms with Gasteiger partial charge in [0.05, 0.1) is 12.3 Å². The Balaban J connectivity index is 1.99. The lowest BCUT2D eigenvalue weighted by Crippen LogP contribution is -2.43. The SMILES string of the molecule is CC[C@@H](NC(=O)C1CCN(S(C)(=O)=O)CC1)c1ccc(C)c(C)c1. The summed E-state index contributed by atoms with van der Waals surface area (Å²) in [5, 5.41) is 3.15. The molecule has 0 aromatic heterocycles. The topological polar surface area (TPSA) is 66.5 Å². The van der Waals surface area contributed by atoms with E-state index in [1.807, 2.05) is 0 Å². The Labute approximate surface area is 145 Å². The van der Waals surface area contributed by atoms with E-state index >= 15 is 0 Å². The van der Waals surface area contributed by atoms with Crippen molar-refractivity contribution in [1.82, 2.24) is 9.62 Å². The van der Waals surface area contributed by atoms with Gasteiger partial charge in [-0.3, -0.25) is 4.79 Å². The fourth-order valence-corrected chi connectivity index (χ4v) is 4.02. The van der Waals surface area contributed by atoms with Gasteiger partial charge in [-0.1, -0.05) is 25.1 Å². The van der Waals surface area contributed by atoms with Crippen molar-refractivity contribution in [1.29, 1.82) is 0 Å². The van der Waals surface area contributed by atoms with E-state index in [2.05, 4.69) is 44.3 Å². The van der Waals surface area contributed by atoms with Crippen LogP contribution >= 0.6 is 0 Å². The molecule has 1 aliphatic heterocycles. The summed E-state index contributed by atoms with van der Waals surface area (Å²) in [4.78, 5) is 12.6. The monoisotopic (exact) mass is 352 g/mol. The zero-order chi connectivity index (χ0) is 17.9.